The Bertz CT molecular complexity index is 1150. The highest BCUT2D eigenvalue weighted by molar-refractivity contribution is 5.94. The molecule has 0 saturated carbocycles. The Kier molecular flexibility index (Phi) is 6.65. The molecule has 0 aliphatic rings. The van der Waals surface area contributed by atoms with Gasteiger partial charge in [-0.15, -0.1) is 0 Å². The van der Waals surface area contributed by atoms with E-state index in [9.17, 15) is 19.8 Å². The molecule has 0 saturated heterocycles. The van der Waals surface area contributed by atoms with Gasteiger partial charge in [-0.05, 0) is 48.5 Å². The van der Waals surface area contributed by atoms with Crippen molar-refractivity contribution in [1.29, 1.82) is 0 Å². The number of carbonyl (C=O) groups is 2. The van der Waals surface area contributed by atoms with Crippen molar-refractivity contribution < 1.29 is 38.7 Å². The van der Waals surface area contributed by atoms with Crippen LogP contribution in [0.5, 0.6) is 34.5 Å². The highest BCUT2D eigenvalue weighted by Gasteiger charge is 2.23. The zero-order valence-corrected chi connectivity index (χ0v) is 17.3. The molecule has 8 nitrogen and oxygen atoms in total. The first-order valence-corrected chi connectivity index (χ1v) is 9.31. The van der Waals surface area contributed by atoms with Crippen molar-refractivity contribution in [3.63, 3.8) is 0 Å². The van der Waals surface area contributed by atoms with E-state index in [-0.39, 0.29) is 28.2 Å². The molecule has 2 N–H and O–H groups in total. The number of phenols is 2. The molecule has 0 radical (unpaired) electrons. The first-order chi connectivity index (χ1) is 15.4. The summed E-state index contributed by atoms with van der Waals surface area (Å²) in [5, 5.41) is 20.9. The van der Waals surface area contributed by atoms with Crippen molar-refractivity contribution >= 4 is 18.0 Å². The van der Waals surface area contributed by atoms with Gasteiger partial charge in [0, 0.05) is 6.07 Å². The topological polar surface area (TPSA) is 112 Å². The third-order valence-corrected chi connectivity index (χ3v) is 4.49. The monoisotopic (exact) mass is 436 g/mol. The van der Waals surface area contributed by atoms with Gasteiger partial charge in [0.2, 0.25) is 0 Å². The molecule has 3 rings (SSSR count). The fourth-order valence-electron chi connectivity index (χ4n) is 2.78. The van der Waals surface area contributed by atoms with Crippen LogP contribution in [0.4, 0.5) is 0 Å². The molecular formula is C24H20O8. The number of esters is 2. The summed E-state index contributed by atoms with van der Waals surface area (Å²) < 4.78 is 20.5. The number of carbonyl (C=O) groups excluding carboxylic acids is 2. The predicted octanol–water partition coefficient (Wildman–Crippen LogP) is 4.20. The van der Waals surface area contributed by atoms with Crippen molar-refractivity contribution in [3.05, 3.63) is 77.9 Å². The maximum atomic E-state index is 12.5. The number of benzene rings is 3. The Hall–Kier alpha value is -4.46. The number of phenolic OH excluding ortho intramolecular Hbond substituents is 2. The molecule has 8 heteroatoms. The number of methoxy groups -OCH3 is 2. The van der Waals surface area contributed by atoms with Crippen LogP contribution in [0.3, 0.4) is 0 Å². The minimum atomic E-state index is -0.784. The first-order valence-electron chi connectivity index (χ1n) is 9.31. The fraction of sp³-hybridized carbons (Fsp3) is 0.0833. The van der Waals surface area contributed by atoms with Crippen LogP contribution in [-0.4, -0.2) is 36.4 Å². The van der Waals surface area contributed by atoms with Gasteiger partial charge in [-0.2, -0.15) is 0 Å². The largest absolute Gasteiger partial charge is 0.504 e. The zero-order valence-electron chi connectivity index (χ0n) is 17.3. The number of ether oxygens (including phenoxy) is 4. The van der Waals surface area contributed by atoms with Gasteiger partial charge in [0.05, 0.1) is 30.9 Å². The molecule has 0 spiro atoms. The van der Waals surface area contributed by atoms with Gasteiger partial charge in [-0.3, -0.25) is 0 Å². The lowest BCUT2D eigenvalue weighted by molar-refractivity contribution is 0.0711. The highest BCUT2D eigenvalue weighted by atomic mass is 16.6. The van der Waals surface area contributed by atoms with Gasteiger partial charge in [0.1, 0.15) is 11.5 Å². The third kappa shape index (κ3) is 4.65. The van der Waals surface area contributed by atoms with E-state index < -0.39 is 23.4 Å². The smallest absolute Gasteiger partial charge is 0.343 e. The summed E-state index contributed by atoms with van der Waals surface area (Å²) in [4.78, 5) is 24.9. The summed E-state index contributed by atoms with van der Waals surface area (Å²) in [7, 11) is 2.99. The van der Waals surface area contributed by atoms with Crippen LogP contribution in [-0.2, 0) is 0 Å². The van der Waals surface area contributed by atoms with E-state index in [0.717, 1.165) is 12.1 Å². The fourth-order valence-corrected chi connectivity index (χ4v) is 2.78. The van der Waals surface area contributed by atoms with Gasteiger partial charge in [0.15, 0.2) is 23.0 Å². The lowest BCUT2D eigenvalue weighted by Crippen LogP contribution is -2.11. The maximum absolute atomic E-state index is 12.5. The summed E-state index contributed by atoms with van der Waals surface area (Å²) in [5.74, 6) is -2.18. The SMILES string of the molecule is C=Cc1c(O)c(OC(=O)c2ccc(OC)cc2)cc(O)c1OC(=O)c1ccc(OC)cc1. The molecule has 0 amide bonds. The molecule has 0 aliphatic heterocycles. The van der Waals surface area contributed by atoms with E-state index in [0.29, 0.717) is 11.5 Å². The number of rotatable bonds is 7. The van der Waals surface area contributed by atoms with E-state index in [2.05, 4.69) is 6.58 Å². The zero-order chi connectivity index (χ0) is 23.3. The van der Waals surface area contributed by atoms with E-state index >= 15 is 0 Å². The summed E-state index contributed by atoms with van der Waals surface area (Å²) in [6.45, 7) is 3.56. The van der Waals surface area contributed by atoms with Crippen LogP contribution < -0.4 is 18.9 Å². The molecule has 0 heterocycles. The Labute approximate surface area is 183 Å². The molecule has 0 unspecified atom stereocenters. The van der Waals surface area contributed by atoms with Crippen molar-refractivity contribution in [1.82, 2.24) is 0 Å². The Morgan fingerprint density at radius 2 is 1.28 bits per heavy atom. The van der Waals surface area contributed by atoms with Crippen LogP contribution in [0.25, 0.3) is 6.08 Å². The van der Waals surface area contributed by atoms with E-state index in [4.69, 9.17) is 18.9 Å². The number of hydrogen-bond acceptors (Lipinski definition) is 8. The molecule has 3 aromatic carbocycles. The molecule has 0 bridgehead atoms. The Morgan fingerprint density at radius 3 is 1.72 bits per heavy atom. The van der Waals surface area contributed by atoms with Gasteiger partial charge >= 0.3 is 11.9 Å². The molecular weight excluding hydrogens is 416 g/mol. The van der Waals surface area contributed by atoms with Crippen molar-refractivity contribution in [2.75, 3.05) is 14.2 Å². The standard InChI is InChI=1S/C24H20O8/c1-4-18-21(26)20(31-23(27)14-5-9-16(29-2)10-6-14)13-19(25)22(18)32-24(28)15-7-11-17(30-3)12-8-15/h4-13,25-26H,1H2,2-3H3. The van der Waals surface area contributed by atoms with Gasteiger partial charge < -0.3 is 29.2 Å². The van der Waals surface area contributed by atoms with Crippen molar-refractivity contribution in [3.8, 4) is 34.5 Å². The summed E-state index contributed by atoms with van der Waals surface area (Å²) >= 11 is 0. The van der Waals surface area contributed by atoms with Crippen molar-refractivity contribution in [2.24, 2.45) is 0 Å². The second-order valence-corrected chi connectivity index (χ2v) is 6.43. The minimum absolute atomic E-state index is 0.121. The highest BCUT2D eigenvalue weighted by Crippen LogP contribution is 2.44. The van der Waals surface area contributed by atoms with E-state index in [1.807, 2.05) is 0 Å². The molecule has 32 heavy (non-hydrogen) atoms. The van der Waals surface area contributed by atoms with E-state index in [1.54, 1.807) is 24.3 Å². The first kappa shape index (κ1) is 22.2. The summed E-state index contributed by atoms with van der Waals surface area (Å²) in [6.07, 6.45) is 1.16. The Balaban J connectivity index is 1.86. The van der Waals surface area contributed by atoms with Crippen molar-refractivity contribution in [2.45, 2.75) is 0 Å². The van der Waals surface area contributed by atoms with Gasteiger partial charge in [-0.25, -0.2) is 9.59 Å². The molecule has 3 aromatic rings. The predicted molar refractivity (Wildman–Crippen MR) is 116 cm³/mol. The van der Waals surface area contributed by atoms with Crippen LogP contribution >= 0.6 is 0 Å². The summed E-state index contributed by atoms with van der Waals surface area (Å²) in [6, 6.07) is 13.2. The third-order valence-electron chi connectivity index (χ3n) is 4.49. The maximum Gasteiger partial charge on any atom is 0.343 e. The molecule has 0 fully saturated rings. The lowest BCUT2D eigenvalue weighted by Gasteiger charge is -2.14. The van der Waals surface area contributed by atoms with E-state index in [1.165, 1.54) is 38.5 Å². The molecule has 0 atom stereocenters. The van der Waals surface area contributed by atoms with Crippen LogP contribution in [0.1, 0.15) is 26.3 Å². The molecule has 164 valence electrons. The second kappa shape index (κ2) is 9.57. The summed E-state index contributed by atoms with van der Waals surface area (Å²) in [5.41, 5.74) is 0.263. The van der Waals surface area contributed by atoms with Gasteiger partial charge in [-0.1, -0.05) is 12.7 Å². The molecule has 0 aromatic heterocycles. The molecule has 0 aliphatic carbocycles. The minimum Gasteiger partial charge on any atom is -0.504 e. The van der Waals surface area contributed by atoms with Crippen LogP contribution in [0.15, 0.2) is 61.2 Å². The van der Waals surface area contributed by atoms with Crippen LogP contribution in [0.2, 0.25) is 0 Å². The quantitative estimate of drug-likeness (QED) is 0.322. The lowest BCUT2D eigenvalue weighted by atomic mass is 10.1. The number of aromatic hydroxyl groups is 2. The van der Waals surface area contributed by atoms with Gasteiger partial charge in [0.25, 0.3) is 0 Å². The average molecular weight is 436 g/mol. The second-order valence-electron chi connectivity index (χ2n) is 6.43. The average Bonchev–Trinajstić information content (AvgIpc) is 2.82. The number of hydrogen-bond donors (Lipinski definition) is 2. The Morgan fingerprint density at radius 1 is 0.812 bits per heavy atom. The van der Waals surface area contributed by atoms with Crippen LogP contribution in [0, 0.1) is 0 Å². The normalized spacial score (nSPS) is 10.2.